The van der Waals surface area contributed by atoms with Crippen molar-refractivity contribution in [1.82, 2.24) is 4.90 Å². The van der Waals surface area contributed by atoms with Gasteiger partial charge in [0, 0.05) is 17.6 Å². The first kappa shape index (κ1) is 19.5. The molecule has 0 aromatic heterocycles. The summed E-state index contributed by atoms with van der Waals surface area (Å²) in [5, 5.41) is 0.571. The fourth-order valence-electron chi connectivity index (χ4n) is 2.68. The third-order valence-electron chi connectivity index (χ3n) is 3.97. The van der Waals surface area contributed by atoms with Gasteiger partial charge < -0.3 is 9.64 Å². The number of ether oxygens (including phenoxy) is 1. The van der Waals surface area contributed by atoms with Gasteiger partial charge in [0.1, 0.15) is 5.75 Å². The van der Waals surface area contributed by atoms with Crippen LogP contribution in [0, 0.1) is 0 Å². The molecule has 1 aromatic carbocycles. The maximum atomic E-state index is 12.6. The number of carbonyl (C=O) groups excluding carboxylic acids is 1. The van der Waals surface area contributed by atoms with E-state index in [1.54, 1.807) is 23.1 Å². The van der Waals surface area contributed by atoms with E-state index in [0.29, 0.717) is 28.2 Å². The van der Waals surface area contributed by atoms with E-state index in [4.69, 9.17) is 16.3 Å². The fraction of sp³-hybridized carbons (Fsp3) is 0.562. The minimum atomic E-state index is -3.03. The van der Waals surface area contributed by atoms with Crippen LogP contribution in [0.3, 0.4) is 0 Å². The van der Waals surface area contributed by atoms with Gasteiger partial charge in [-0.05, 0) is 47.0 Å². The van der Waals surface area contributed by atoms with Crippen LogP contribution in [0.1, 0.15) is 26.2 Å². The number of rotatable bonds is 7. The molecule has 1 unspecified atom stereocenters. The Labute approximate surface area is 156 Å². The van der Waals surface area contributed by atoms with Crippen molar-refractivity contribution in [3.63, 3.8) is 0 Å². The Morgan fingerprint density at radius 3 is 2.79 bits per heavy atom. The summed E-state index contributed by atoms with van der Waals surface area (Å²) in [4.78, 5) is 14.2. The van der Waals surface area contributed by atoms with Crippen molar-refractivity contribution >= 4 is 43.3 Å². The zero-order chi connectivity index (χ0) is 17.7. The van der Waals surface area contributed by atoms with E-state index in [1.165, 1.54) is 0 Å². The lowest BCUT2D eigenvalue weighted by molar-refractivity contribution is -0.135. The first-order valence-corrected chi connectivity index (χ1v) is 10.9. The van der Waals surface area contributed by atoms with Crippen LogP contribution < -0.4 is 4.74 Å². The summed E-state index contributed by atoms with van der Waals surface area (Å²) in [6.45, 7) is 2.47. The van der Waals surface area contributed by atoms with Gasteiger partial charge in [-0.3, -0.25) is 4.79 Å². The molecule has 24 heavy (non-hydrogen) atoms. The van der Waals surface area contributed by atoms with Crippen molar-refractivity contribution in [3.05, 3.63) is 27.7 Å². The molecule has 1 amide bonds. The predicted octanol–water partition coefficient (Wildman–Crippen LogP) is 3.30. The smallest absolute Gasteiger partial charge is 0.260 e. The molecule has 1 saturated heterocycles. The van der Waals surface area contributed by atoms with Crippen LogP contribution in [0.2, 0.25) is 5.02 Å². The second-order valence-electron chi connectivity index (χ2n) is 5.86. The molecule has 1 fully saturated rings. The fourth-order valence-corrected chi connectivity index (χ4v) is 5.20. The number of hydrogen-bond donors (Lipinski definition) is 0. The van der Waals surface area contributed by atoms with Crippen molar-refractivity contribution in [3.8, 4) is 5.75 Å². The predicted molar refractivity (Wildman–Crippen MR) is 98.3 cm³/mol. The minimum absolute atomic E-state index is 0.0487. The highest BCUT2D eigenvalue weighted by molar-refractivity contribution is 9.10. The lowest BCUT2D eigenvalue weighted by Gasteiger charge is -2.28. The third-order valence-corrected chi connectivity index (χ3v) is 6.57. The molecule has 0 saturated carbocycles. The van der Waals surface area contributed by atoms with Crippen molar-refractivity contribution in [2.75, 3.05) is 24.7 Å². The number of nitrogens with zero attached hydrogens (tertiary/aromatic N) is 1. The zero-order valence-electron chi connectivity index (χ0n) is 13.5. The number of amides is 1. The summed E-state index contributed by atoms with van der Waals surface area (Å²) >= 11 is 9.23. The number of hydrogen-bond acceptors (Lipinski definition) is 4. The highest BCUT2D eigenvalue weighted by Crippen LogP contribution is 2.28. The quantitative estimate of drug-likeness (QED) is 0.655. The first-order valence-electron chi connectivity index (χ1n) is 7.90. The SMILES string of the molecule is CCCCN(C(=O)COc1ccc(Cl)cc1Br)C1CCS(=O)(=O)C1. The Morgan fingerprint density at radius 2 is 2.21 bits per heavy atom. The van der Waals surface area contributed by atoms with E-state index in [0.717, 1.165) is 12.8 Å². The molecule has 2 rings (SSSR count). The number of carbonyl (C=O) groups is 1. The Kier molecular flexibility index (Phi) is 6.95. The molecule has 0 radical (unpaired) electrons. The summed E-state index contributed by atoms with van der Waals surface area (Å²) in [5.41, 5.74) is 0. The molecule has 1 aliphatic heterocycles. The van der Waals surface area contributed by atoms with Crippen LogP contribution in [0.15, 0.2) is 22.7 Å². The van der Waals surface area contributed by atoms with Crippen molar-refractivity contribution in [2.45, 2.75) is 32.2 Å². The number of benzene rings is 1. The minimum Gasteiger partial charge on any atom is -0.483 e. The first-order chi connectivity index (χ1) is 11.3. The highest BCUT2D eigenvalue weighted by Gasteiger charge is 2.34. The maximum Gasteiger partial charge on any atom is 0.260 e. The van der Waals surface area contributed by atoms with E-state index < -0.39 is 9.84 Å². The Hall–Kier alpha value is -0.790. The molecular weight excluding hydrogens is 418 g/mol. The molecule has 0 N–H and O–H groups in total. The van der Waals surface area contributed by atoms with E-state index in [2.05, 4.69) is 15.9 Å². The summed E-state index contributed by atoms with van der Waals surface area (Å²) in [6, 6.07) is 4.83. The lowest BCUT2D eigenvalue weighted by atomic mass is 10.2. The molecule has 0 spiro atoms. The van der Waals surface area contributed by atoms with Gasteiger partial charge >= 0.3 is 0 Å². The highest BCUT2D eigenvalue weighted by atomic mass is 79.9. The van der Waals surface area contributed by atoms with Crippen molar-refractivity contribution < 1.29 is 17.9 Å². The Morgan fingerprint density at radius 1 is 1.46 bits per heavy atom. The molecular formula is C16H21BrClNO4S. The van der Waals surface area contributed by atoms with E-state index in [1.807, 2.05) is 6.92 Å². The molecule has 8 heteroatoms. The second kappa shape index (κ2) is 8.54. The maximum absolute atomic E-state index is 12.6. The largest absolute Gasteiger partial charge is 0.483 e. The average molecular weight is 439 g/mol. The molecule has 134 valence electrons. The number of sulfone groups is 1. The van der Waals surface area contributed by atoms with Gasteiger partial charge in [0.05, 0.1) is 16.0 Å². The average Bonchev–Trinajstić information content (AvgIpc) is 2.86. The van der Waals surface area contributed by atoms with E-state index in [-0.39, 0.29) is 30.1 Å². The van der Waals surface area contributed by atoms with Gasteiger partial charge in [0.2, 0.25) is 0 Å². The summed E-state index contributed by atoms with van der Waals surface area (Å²) < 4.78 is 29.7. The molecule has 1 aromatic rings. The van der Waals surface area contributed by atoms with Gasteiger partial charge in [-0.2, -0.15) is 0 Å². The van der Waals surface area contributed by atoms with Gasteiger partial charge in [-0.25, -0.2) is 8.42 Å². The number of halogens is 2. The van der Waals surface area contributed by atoms with Gasteiger partial charge in [-0.15, -0.1) is 0 Å². The lowest BCUT2D eigenvalue weighted by Crippen LogP contribution is -2.44. The van der Waals surface area contributed by atoms with Crippen molar-refractivity contribution in [2.24, 2.45) is 0 Å². The van der Waals surface area contributed by atoms with Crippen LogP contribution in [0.4, 0.5) is 0 Å². The molecule has 0 aliphatic carbocycles. The van der Waals surface area contributed by atoms with Crippen molar-refractivity contribution in [1.29, 1.82) is 0 Å². The number of unbranched alkanes of at least 4 members (excludes halogenated alkanes) is 1. The summed E-state index contributed by atoms with van der Waals surface area (Å²) in [6.07, 6.45) is 2.28. The zero-order valence-corrected chi connectivity index (χ0v) is 16.7. The van der Waals surface area contributed by atoms with Crippen LogP contribution in [-0.2, 0) is 14.6 Å². The van der Waals surface area contributed by atoms with Crippen LogP contribution in [-0.4, -0.2) is 49.9 Å². The normalized spacial score (nSPS) is 19.2. The molecule has 5 nitrogen and oxygen atoms in total. The monoisotopic (exact) mass is 437 g/mol. The topological polar surface area (TPSA) is 63.7 Å². The van der Waals surface area contributed by atoms with Crippen LogP contribution >= 0.6 is 27.5 Å². The Balaban J connectivity index is 2.02. The van der Waals surface area contributed by atoms with Gasteiger partial charge in [0.25, 0.3) is 5.91 Å². The standard InChI is InChI=1S/C16H21BrClNO4S/c1-2-3-7-19(13-6-8-24(21,22)11-13)16(20)10-23-15-5-4-12(18)9-14(15)17/h4-5,9,13H,2-3,6-8,10-11H2,1H3. The van der Waals surface area contributed by atoms with Gasteiger partial charge in [0.15, 0.2) is 16.4 Å². The summed E-state index contributed by atoms with van der Waals surface area (Å²) in [7, 11) is -3.03. The van der Waals surface area contributed by atoms with Crippen LogP contribution in [0.5, 0.6) is 5.75 Å². The van der Waals surface area contributed by atoms with E-state index >= 15 is 0 Å². The Bertz CT molecular complexity index is 695. The van der Waals surface area contributed by atoms with E-state index in [9.17, 15) is 13.2 Å². The van der Waals surface area contributed by atoms with Crippen LogP contribution in [0.25, 0.3) is 0 Å². The summed E-state index contributed by atoms with van der Waals surface area (Å²) in [5.74, 6) is 0.541. The third kappa shape index (κ3) is 5.36. The van der Waals surface area contributed by atoms with Gasteiger partial charge in [-0.1, -0.05) is 24.9 Å². The molecule has 1 heterocycles. The molecule has 1 aliphatic rings. The molecule has 0 bridgehead atoms. The second-order valence-corrected chi connectivity index (χ2v) is 9.38. The molecule has 1 atom stereocenters.